The Morgan fingerprint density at radius 1 is 1.15 bits per heavy atom. The van der Waals surface area contributed by atoms with Crippen molar-refractivity contribution >= 4 is 22.4 Å². The van der Waals surface area contributed by atoms with E-state index in [4.69, 9.17) is 0 Å². The van der Waals surface area contributed by atoms with Gasteiger partial charge in [0.1, 0.15) is 0 Å². The van der Waals surface area contributed by atoms with Gasteiger partial charge in [-0.15, -0.1) is 0 Å². The molecule has 1 aromatic heterocycles. The summed E-state index contributed by atoms with van der Waals surface area (Å²) in [6, 6.07) is 13.5. The van der Waals surface area contributed by atoms with E-state index in [1.165, 1.54) is 11.1 Å². The first-order valence-electron chi connectivity index (χ1n) is 8.97. The first-order valence-corrected chi connectivity index (χ1v) is 8.97. The Morgan fingerprint density at radius 3 is 2.65 bits per heavy atom. The van der Waals surface area contributed by atoms with Crippen LogP contribution in [0.1, 0.15) is 43.2 Å². The Hall–Kier alpha value is -2.75. The standard InChI is InChI=1S/C22H21FN2O/c1-13(2)14-3-5-15(6-4-14)18-11-19(18)22(26)25-20-8-7-16-12-24-10-9-17(16)21(20)23/h3-10,12-13,18-19H,11H2,1-2H3,(H,25,26). The molecule has 1 saturated carbocycles. The number of anilines is 1. The van der Waals surface area contributed by atoms with Gasteiger partial charge >= 0.3 is 0 Å². The molecule has 2 atom stereocenters. The summed E-state index contributed by atoms with van der Waals surface area (Å²) in [6.45, 7) is 4.33. The van der Waals surface area contributed by atoms with Crippen molar-refractivity contribution in [2.24, 2.45) is 5.92 Å². The summed E-state index contributed by atoms with van der Waals surface area (Å²) >= 11 is 0. The maximum atomic E-state index is 14.6. The van der Waals surface area contributed by atoms with Crippen molar-refractivity contribution in [3.8, 4) is 0 Å². The fourth-order valence-electron chi connectivity index (χ4n) is 3.43. The molecule has 1 aliphatic rings. The fourth-order valence-corrected chi connectivity index (χ4v) is 3.43. The minimum Gasteiger partial charge on any atom is -0.323 e. The molecule has 4 rings (SSSR count). The molecule has 0 saturated heterocycles. The number of nitrogens with zero attached hydrogens (tertiary/aromatic N) is 1. The number of fused-ring (bicyclic) bond motifs is 1. The Morgan fingerprint density at radius 2 is 1.92 bits per heavy atom. The van der Waals surface area contributed by atoms with Crippen LogP contribution in [-0.4, -0.2) is 10.9 Å². The van der Waals surface area contributed by atoms with Gasteiger partial charge in [-0.3, -0.25) is 9.78 Å². The largest absolute Gasteiger partial charge is 0.323 e. The van der Waals surface area contributed by atoms with Crippen LogP contribution < -0.4 is 5.32 Å². The van der Waals surface area contributed by atoms with Crippen LogP contribution in [0.3, 0.4) is 0 Å². The highest BCUT2D eigenvalue weighted by atomic mass is 19.1. The minimum absolute atomic E-state index is 0.0903. The Labute approximate surface area is 152 Å². The average Bonchev–Trinajstić information content (AvgIpc) is 3.45. The number of halogens is 1. The number of rotatable bonds is 4. The van der Waals surface area contributed by atoms with E-state index in [2.05, 4.69) is 48.4 Å². The lowest BCUT2D eigenvalue weighted by Crippen LogP contribution is -2.15. The number of nitrogens with one attached hydrogen (secondary N) is 1. The van der Waals surface area contributed by atoms with Gasteiger partial charge in [0.25, 0.3) is 0 Å². The second-order valence-corrected chi connectivity index (χ2v) is 7.28. The maximum absolute atomic E-state index is 14.6. The van der Waals surface area contributed by atoms with Gasteiger partial charge in [-0.1, -0.05) is 44.2 Å². The molecule has 1 heterocycles. The Balaban J connectivity index is 1.47. The normalized spacial score (nSPS) is 18.9. The smallest absolute Gasteiger partial charge is 0.228 e. The lowest BCUT2D eigenvalue weighted by Gasteiger charge is -2.09. The molecule has 0 bridgehead atoms. The van der Waals surface area contributed by atoms with Crippen LogP contribution in [0.5, 0.6) is 0 Å². The van der Waals surface area contributed by atoms with E-state index in [9.17, 15) is 9.18 Å². The molecule has 3 nitrogen and oxygen atoms in total. The van der Waals surface area contributed by atoms with Crippen molar-refractivity contribution in [1.82, 2.24) is 4.98 Å². The SMILES string of the molecule is CC(C)c1ccc(C2CC2C(=O)Nc2ccc3cnccc3c2F)cc1. The number of aromatic nitrogens is 1. The number of hydrogen-bond acceptors (Lipinski definition) is 2. The molecule has 1 N–H and O–H groups in total. The van der Waals surface area contributed by atoms with Gasteiger partial charge in [0.05, 0.1) is 5.69 Å². The van der Waals surface area contributed by atoms with Gasteiger partial charge in [0.15, 0.2) is 5.82 Å². The molecule has 1 aliphatic carbocycles. The average molecular weight is 348 g/mol. The van der Waals surface area contributed by atoms with Gasteiger partial charge in [-0.05, 0) is 41.5 Å². The predicted molar refractivity (Wildman–Crippen MR) is 102 cm³/mol. The highest BCUT2D eigenvalue weighted by molar-refractivity contribution is 5.97. The van der Waals surface area contributed by atoms with Crippen molar-refractivity contribution < 1.29 is 9.18 Å². The van der Waals surface area contributed by atoms with E-state index >= 15 is 0 Å². The van der Waals surface area contributed by atoms with Gasteiger partial charge < -0.3 is 5.32 Å². The molecular formula is C22H21FN2O. The third kappa shape index (κ3) is 3.07. The van der Waals surface area contributed by atoms with Crippen LogP contribution in [-0.2, 0) is 4.79 Å². The molecule has 0 radical (unpaired) electrons. The molecule has 3 aromatic rings. The Kier molecular flexibility index (Phi) is 4.19. The number of hydrogen-bond donors (Lipinski definition) is 1. The zero-order chi connectivity index (χ0) is 18.3. The topological polar surface area (TPSA) is 42.0 Å². The maximum Gasteiger partial charge on any atom is 0.228 e. The molecule has 1 fully saturated rings. The van der Waals surface area contributed by atoms with E-state index in [-0.39, 0.29) is 23.4 Å². The van der Waals surface area contributed by atoms with Crippen LogP contribution in [0.15, 0.2) is 54.9 Å². The number of carbonyl (C=O) groups excluding carboxylic acids is 1. The molecule has 2 unspecified atom stereocenters. The zero-order valence-corrected chi connectivity index (χ0v) is 14.9. The van der Waals surface area contributed by atoms with E-state index in [0.717, 1.165) is 11.8 Å². The lowest BCUT2D eigenvalue weighted by atomic mass is 10.00. The summed E-state index contributed by atoms with van der Waals surface area (Å²) in [7, 11) is 0. The van der Waals surface area contributed by atoms with E-state index in [1.807, 2.05) is 0 Å². The van der Waals surface area contributed by atoms with Gasteiger partial charge in [-0.25, -0.2) is 4.39 Å². The van der Waals surface area contributed by atoms with Crippen molar-refractivity contribution in [2.45, 2.75) is 32.1 Å². The number of benzene rings is 2. The quantitative estimate of drug-likeness (QED) is 0.700. The third-order valence-corrected chi connectivity index (χ3v) is 5.17. The molecular weight excluding hydrogens is 327 g/mol. The van der Waals surface area contributed by atoms with Crippen molar-refractivity contribution in [2.75, 3.05) is 5.32 Å². The highest BCUT2D eigenvalue weighted by Crippen LogP contribution is 2.48. The summed E-state index contributed by atoms with van der Waals surface area (Å²) in [5.74, 6) is 0.108. The lowest BCUT2D eigenvalue weighted by molar-refractivity contribution is -0.117. The number of amides is 1. The molecule has 26 heavy (non-hydrogen) atoms. The van der Waals surface area contributed by atoms with Gasteiger partial charge in [-0.2, -0.15) is 0 Å². The van der Waals surface area contributed by atoms with Crippen LogP contribution in [0, 0.1) is 11.7 Å². The van der Waals surface area contributed by atoms with E-state index < -0.39 is 5.82 Å². The highest BCUT2D eigenvalue weighted by Gasteiger charge is 2.44. The summed E-state index contributed by atoms with van der Waals surface area (Å²) in [5, 5.41) is 3.95. The first-order chi connectivity index (χ1) is 12.5. The monoisotopic (exact) mass is 348 g/mol. The third-order valence-electron chi connectivity index (χ3n) is 5.17. The number of pyridine rings is 1. The summed E-state index contributed by atoms with van der Waals surface area (Å²) in [6.07, 6.45) is 3.97. The van der Waals surface area contributed by atoms with Crippen LogP contribution in [0.25, 0.3) is 10.8 Å². The van der Waals surface area contributed by atoms with Crippen LogP contribution >= 0.6 is 0 Å². The summed E-state index contributed by atoms with van der Waals surface area (Å²) < 4.78 is 14.6. The molecule has 2 aromatic carbocycles. The van der Waals surface area contributed by atoms with Crippen LogP contribution in [0.2, 0.25) is 0 Å². The van der Waals surface area contributed by atoms with Crippen molar-refractivity contribution in [3.63, 3.8) is 0 Å². The minimum atomic E-state index is -0.406. The van der Waals surface area contributed by atoms with Crippen molar-refractivity contribution in [3.05, 3.63) is 71.8 Å². The molecule has 4 heteroatoms. The first kappa shape index (κ1) is 16.7. The molecule has 1 amide bonds. The number of carbonyl (C=O) groups is 1. The van der Waals surface area contributed by atoms with Crippen LogP contribution in [0.4, 0.5) is 10.1 Å². The fraction of sp³-hybridized carbons (Fsp3) is 0.273. The molecule has 132 valence electrons. The molecule has 0 aliphatic heterocycles. The van der Waals surface area contributed by atoms with Gasteiger partial charge in [0.2, 0.25) is 5.91 Å². The van der Waals surface area contributed by atoms with E-state index in [1.54, 1.807) is 30.6 Å². The zero-order valence-electron chi connectivity index (χ0n) is 14.9. The second kappa shape index (κ2) is 6.52. The summed E-state index contributed by atoms with van der Waals surface area (Å²) in [5.41, 5.74) is 2.71. The second-order valence-electron chi connectivity index (χ2n) is 7.28. The van der Waals surface area contributed by atoms with Crippen molar-refractivity contribution in [1.29, 1.82) is 0 Å². The molecule has 0 spiro atoms. The summed E-state index contributed by atoms with van der Waals surface area (Å²) in [4.78, 5) is 16.5. The van der Waals surface area contributed by atoms with E-state index in [0.29, 0.717) is 11.3 Å². The predicted octanol–water partition coefficient (Wildman–Crippen LogP) is 5.24. The van der Waals surface area contributed by atoms with Gasteiger partial charge in [0, 0.05) is 29.1 Å². The Bertz CT molecular complexity index is 966.